The fourth-order valence-corrected chi connectivity index (χ4v) is 3.08. The number of halogens is 1. The molecule has 0 N–H and O–H groups in total. The summed E-state index contributed by atoms with van der Waals surface area (Å²) in [7, 11) is 3.23. The first kappa shape index (κ1) is 18.2. The minimum absolute atomic E-state index is 0.0422. The summed E-state index contributed by atoms with van der Waals surface area (Å²) in [5, 5.41) is 0. The van der Waals surface area contributed by atoms with Gasteiger partial charge in [0.25, 0.3) is 0 Å². The van der Waals surface area contributed by atoms with E-state index >= 15 is 0 Å². The van der Waals surface area contributed by atoms with Gasteiger partial charge in [-0.15, -0.1) is 0 Å². The van der Waals surface area contributed by atoms with Gasteiger partial charge in [-0.2, -0.15) is 0 Å². The number of hydrogen-bond donors (Lipinski definition) is 0. The van der Waals surface area contributed by atoms with Crippen LogP contribution in [-0.2, 0) is 17.8 Å². The van der Waals surface area contributed by atoms with E-state index in [-0.39, 0.29) is 17.8 Å². The van der Waals surface area contributed by atoms with Crippen LogP contribution < -0.4 is 9.47 Å². The van der Waals surface area contributed by atoms with Crippen LogP contribution in [0.15, 0.2) is 42.5 Å². The standard InChI is InChI=1S/C21H24FNO3/c1-25-18-10-11-20(26-2)16(13-18)14-23(17-8-9-17)21(24)12-7-15-5-3-4-6-19(15)22/h3-6,10-11,13,17H,7-9,12,14H2,1-2H3. The minimum Gasteiger partial charge on any atom is -0.497 e. The van der Waals surface area contributed by atoms with E-state index in [1.807, 2.05) is 23.1 Å². The smallest absolute Gasteiger partial charge is 0.223 e. The van der Waals surface area contributed by atoms with Crippen molar-refractivity contribution in [2.24, 2.45) is 0 Å². The molecule has 0 saturated heterocycles. The van der Waals surface area contributed by atoms with Gasteiger partial charge in [-0.05, 0) is 49.1 Å². The number of methoxy groups -OCH3 is 2. The molecule has 26 heavy (non-hydrogen) atoms. The maximum Gasteiger partial charge on any atom is 0.223 e. The number of carbonyl (C=O) groups is 1. The molecule has 1 amide bonds. The van der Waals surface area contributed by atoms with Crippen LogP contribution in [0.3, 0.4) is 0 Å². The summed E-state index contributed by atoms with van der Waals surface area (Å²) in [6, 6.07) is 12.5. The largest absolute Gasteiger partial charge is 0.497 e. The van der Waals surface area contributed by atoms with Crippen molar-refractivity contribution in [2.45, 2.75) is 38.3 Å². The molecule has 0 unspecified atom stereocenters. The van der Waals surface area contributed by atoms with Gasteiger partial charge in [0.15, 0.2) is 0 Å². The summed E-state index contributed by atoms with van der Waals surface area (Å²) in [6.07, 6.45) is 2.73. The Morgan fingerprint density at radius 2 is 1.88 bits per heavy atom. The number of amides is 1. The van der Waals surface area contributed by atoms with Crippen LogP contribution in [0.25, 0.3) is 0 Å². The molecule has 2 aromatic rings. The number of hydrogen-bond acceptors (Lipinski definition) is 3. The molecule has 4 nitrogen and oxygen atoms in total. The van der Waals surface area contributed by atoms with Crippen molar-refractivity contribution in [2.75, 3.05) is 14.2 Å². The molecule has 1 aliphatic carbocycles. The molecule has 0 spiro atoms. The number of ether oxygens (including phenoxy) is 2. The molecule has 1 saturated carbocycles. The van der Waals surface area contributed by atoms with Gasteiger partial charge in [-0.1, -0.05) is 18.2 Å². The normalized spacial score (nSPS) is 13.3. The summed E-state index contributed by atoms with van der Waals surface area (Å²) in [6.45, 7) is 0.473. The maximum atomic E-state index is 13.8. The Bertz CT molecular complexity index is 774. The van der Waals surface area contributed by atoms with Gasteiger partial charge in [-0.25, -0.2) is 4.39 Å². The number of benzene rings is 2. The molecular weight excluding hydrogens is 333 g/mol. The van der Waals surface area contributed by atoms with E-state index in [0.29, 0.717) is 24.9 Å². The molecule has 0 heterocycles. The highest BCUT2D eigenvalue weighted by Crippen LogP contribution is 2.32. The second kappa shape index (κ2) is 8.21. The van der Waals surface area contributed by atoms with Gasteiger partial charge in [-0.3, -0.25) is 4.79 Å². The molecule has 1 aliphatic rings. The lowest BCUT2D eigenvalue weighted by Gasteiger charge is -2.24. The Morgan fingerprint density at radius 3 is 2.54 bits per heavy atom. The van der Waals surface area contributed by atoms with E-state index in [0.717, 1.165) is 29.9 Å². The highest BCUT2D eigenvalue weighted by atomic mass is 19.1. The Hall–Kier alpha value is -2.56. The molecule has 0 bridgehead atoms. The summed E-state index contributed by atoms with van der Waals surface area (Å²) < 4.78 is 24.5. The van der Waals surface area contributed by atoms with Gasteiger partial charge in [0, 0.05) is 24.6 Å². The van der Waals surface area contributed by atoms with Crippen LogP contribution in [0.4, 0.5) is 4.39 Å². The summed E-state index contributed by atoms with van der Waals surface area (Å²) in [5.74, 6) is 1.25. The van der Waals surface area contributed by atoms with Gasteiger partial charge < -0.3 is 14.4 Å². The number of carbonyl (C=O) groups excluding carboxylic acids is 1. The predicted molar refractivity (Wildman–Crippen MR) is 97.8 cm³/mol. The predicted octanol–water partition coefficient (Wildman–Crippen LogP) is 3.97. The van der Waals surface area contributed by atoms with Crippen molar-refractivity contribution in [3.8, 4) is 11.5 Å². The summed E-state index contributed by atoms with van der Waals surface area (Å²) >= 11 is 0. The molecule has 0 aromatic heterocycles. The lowest BCUT2D eigenvalue weighted by Crippen LogP contribution is -2.33. The highest BCUT2D eigenvalue weighted by molar-refractivity contribution is 5.77. The first-order chi connectivity index (χ1) is 12.6. The zero-order chi connectivity index (χ0) is 18.5. The first-order valence-electron chi connectivity index (χ1n) is 8.86. The van der Waals surface area contributed by atoms with Crippen LogP contribution in [0.5, 0.6) is 11.5 Å². The van der Waals surface area contributed by atoms with Crippen LogP contribution in [-0.4, -0.2) is 31.1 Å². The lowest BCUT2D eigenvalue weighted by molar-refractivity contribution is -0.132. The average Bonchev–Trinajstić information content (AvgIpc) is 3.50. The van der Waals surface area contributed by atoms with Crippen molar-refractivity contribution < 1.29 is 18.7 Å². The quantitative estimate of drug-likeness (QED) is 0.718. The Labute approximate surface area is 153 Å². The average molecular weight is 357 g/mol. The van der Waals surface area contributed by atoms with Crippen molar-refractivity contribution >= 4 is 5.91 Å². The van der Waals surface area contributed by atoms with Crippen molar-refractivity contribution in [3.63, 3.8) is 0 Å². The SMILES string of the molecule is COc1ccc(OC)c(CN(C(=O)CCc2ccccc2F)C2CC2)c1. The van der Waals surface area contributed by atoms with E-state index in [2.05, 4.69) is 0 Å². The van der Waals surface area contributed by atoms with Gasteiger partial charge in [0.1, 0.15) is 17.3 Å². The van der Waals surface area contributed by atoms with E-state index in [9.17, 15) is 9.18 Å². The maximum absolute atomic E-state index is 13.8. The monoisotopic (exact) mass is 357 g/mol. The van der Waals surface area contributed by atoms with Gasteiger partial charge in [0.05, 0.1) is 14.2 Å². The fourth-order valence-electron chi connectivity index (χ4n) is 3.08. The molecule has 0 radical (unpaired) electrons. The number of nitrogens with zero attached hydrogens (tertiary/aromatic N) is 1. The second-order valence-electron chi connectivity index (χ2n) is 6.52. The third kappa shape index (κ3) is 4.34. The zero-order valence-electron chi connectivity index (χ0n) is 15.2. The van der Waals surface area contributed by atoms with Crippen LogP contribution >= 0.6 is 0 Å². The highest BCUT2D eigenvalue weighted by Gasteiger charge is 2.32. The molecule has 0 atom stereocenters. The summed E-state index contributed by atoms with van der Waals surface area (Å²) in [4.78, 5) is 14.7. The van der Waals surface area contributed by atoms with E-state index in [1.54, 1.807) is 32.4 Å². The fraction of sp³-hybridized carbons (Fsp3) is 0.381. The van der Waals surface area contributed by atoms with Gasteiger partial charge in [0.2, 0.25) is 5.91 Å². The molecule has 1 fully saturated rings. The van der Waals surface area contributed by atoms with Crippen LogP contribution in [0.2, 0.25) is 0 Å². The molecule has 0 aliphatic heterocycles. The van der Waals surface area contributed by atoms with Crippen LogP contribution in [0.1, 0.15) is 30.4 Å². The Kier molecular flexibility index (Phi) is 5.76. The molecule has 5 heteroatoms. The van der Waals surface area contributed by atoms with E-state index in [4.69, 9.17) is 9.47 Å². The number of rotatable bonds is 8. The van der Waals surface area contributed by atoms with Crippen molar-refractivity contribution in [1.82, 2.24) is 4.90 Å². The molecular formula is C21H24FNO3. The van der Waals surface area contributed by atoms with Crippen molar-refractivity contribution in [3.05, 3.63) is 59.4 Å². The number of aryl methyl sites for hydroxylation is 1. The topological polar surface area (TPSA) is 38.8 Å². The third-order valence-corrected chi connectivity index (χ3v) is 4.70. The van der Waals surface area contributed by atoms with E-state index in [1.165, 1.54) is 6.07 Å². The Morgan fingerprint density at radius 1 is 1.12 bits per heavy atom. The first-order valence-corrected chi connectivity index (χ1v) is 8.86. The van der Waals surface area contributed by atoms with Crippen molar-refractivity contribution in [1.29, 1.82) is 0 Å². The minimum atomic E-state index is -0.257. The molecule has 2 aromatic carbocycles. The second-order valence-corrected chi connectivity index (χ2v) is 6.52. The molecule has 3 rings (SSSR count). The summed E-state index contributed by atoms with van der Waals surface area (Å²) in [5.41, 5.74) is 1.49. The van der Waals surface area contributed by atoms with E-state index < -0.39 is 0 Å². The lowest BCUT2D eigenvalue weighted by atomic mass is 10.1. The zero-order valence-corrected chi connectivity index (χ0v) is 15.2. The Balaban J connectivity index is 1.71. The third-order valence-electron chi connectivity index (χ3n) is 4.70. The van der Waals surface area contributed by atoms with Crippen LogP contribution in [0, 0.1) is 5.82 Å². The molecule has 138 valence electrons. The van der Waals surface area contributed by atoms with Gasteiger partial charge >= 0.3 is 0 Å².